The third-order valence-corrected chi connectivity index (χ3v) is 1.10. The maximum Gasteiger partial charge on any atom is -0.0533 e. The van der Waals surface area contributed by atoms with Gasteiger partial charge in [-0.25, -0.2) is 0 Å². The van der Waals surface area contributed by atoms with Crippen molar-refractivity contribution in [2.24, 2.45) is 0 Å². The second kappa shape index (κ2) is 22.7. The lowest BCUT2D eigenvalue weighted by Gasteiger charge is -1.90. The van der Waals surface area contributed by atoms with Crippen LogP contribution in [0.1, 0.15) is 52.9 Å². The van der Waals surface area contributed by atoms with E-state index < -0.39 is 0 Å². The SMILES string of the molecule is CC.[CH2]CCCCCC.[PH2]. The highest BCUT2D eigenvalue weighted by molar-refractivity contribution is 6.92. The van der Waals surface area contributed by atoms with Crippen molar-refractivity contribution in [3.8, 4) is 0 Å². The Kier molecular flexibility index (Phi) is 38.2. The fourth-order valence-electron chi connectivity index (χ4n) is 0.604. The first-order chi connectivity index (χ1) is 4.41. The Morgan fingerprint density at radius 2 is 1.50 bits per heavy atom. The largest absolute Gasteiger partial charge is 0.118 e. The monoisotopic (exact) mass is 162 g/mol. The molecular formula is C9H23P. The van der Waals surface area contributed by atoms with Crippen LogP contribution in [0.15, 0.2) is 0 Å². The first-order valence-electron chi connectivity index (χ1n) is 4.21. The Morgan fingerprint density at radius 3 is 1.80 bits per heavy atom. The van der Waals surface area contributed by atoms with E-state index in [-0.39, 0.29) is 9.90 Å². The molecule has 0 unspecified atom stereocenters. The average Bonchev–Trinajstić information content (AvgIpc) is 1.94. The minimum Gasteiger partial charge on any atom is -0.118 e. The van der Waals surface area contributed by atoms with Crippen LogP contribution in [0.4, 0.5) is 0 Å². The Morgan fingerprint density at radius 1 is 1.00 bits per heavy atom. The minimum atomic E-state index is 0. The van der Waals surface area contributed by atoms with E-state index in [0.29, 0.717) is 0 Å². The molecule has 0 aliphatic carbocycles. The van der Waals surface area contributed by atoms with E-state index in [2.05, 4.69) is 13.8 Å². The van der Waals surface area contributed by atoms with Gasteiger partial charge in [0.25, 0.3) is 0 Å². The summed E-state index contributed by atoms with van der Waals surface area (Å²) in [5.41, 5.74) is 0. The predicted octanol–water partition coefficient (Wildman–Crippen LogP) is 4.14. The lowest BCUT2D eigenvalue weighted by molar-refractivity contribution is 0.673. The molecule has 0 nitrogen and oxygen atoms in total. The zero-order valence-electron chi connectivity index (χ0n) is 7.82. The summed E-state index contributed by atoms with van der Waals surface area (Å²) in [5, 5.41) is 0. The molecule has 0 rings (SSSR count). The maximum atomic E-state index is 3.76. The van der Waals surface area contributed by atoms with Crippen LogP contribution in [0.2, 0.25) is 0 Å². The van der Waals surface area contributed by atoms with Crippen molar-refractivity contribution in [2.45, 2.75) is 52.9 Å². The third kappa shape index (κ3) is 23.7. The molecule has 0 saturated heterocycles. The molecule has 1 heteroatoms. The van der Waals surface area contributed by atoms with Gasteiger partial charge in [0.1, 0.15) is 0 Å². The molecule has 0 aromatic carbocycles. The quantitative estimate of drug-likeness (QED) is 0.430. The molecule has 2 radical (unpaired) electrons. The summed E-state index contributed by atoms with van der Waals surface area (Å²) in [6, 6.07) is 0. The highest BCUT2D eigenvalue weighted by Crippen LogP contribution is 1.99. The van der Waals surface area contributed by atoms with Gasteiger partial charge >= 0.3 is 0 Å². The Hall–Kier alpha value is 0.430. The molecule has 10 heavy (non-hydrogen) atoms. The molecule has 0 atom stereocenters. The number of rotatable bonds is 4. The van der Waals surface area contributed by atoms with E-state index in [4.69, 9.17) is 0 Å². The molecular weight excluding hydrogens is 139 g/mol. The first-order valence-corrected chi connectivity index (χ1v) is 4.21. The number of hydrogen-bond donors (Lipinski definition) is 0. The summed E-state index contributed by atoms with van der Waals surface area (Å²) in [7, 11) is 0. The van der Waals surface area contributed by atoms with Gasteiger partial charge in [-0.1, -0.05) is 59.8 Å². The van der Waals surface area contributed by atoms with Crippen molar-refractivity contribution in [2.75, 3.05) is 0 Å². The second-order valence-electron chi connectivity index (χ2n) is 1.91. The van der Waals surface area contributed by atoms with Crippen LogP contribution in [0.3, 0.4) is 0 Å². The summed E-state index contributed by atoms with van der Waals surface area (Å²) in [6.45, 7) is 9.98. The van der Waals surface area contributed by atoms with Gasteiger partial charge < -0.3 is 0 Å². The van der Waals surface area contributed by atoms with Crippen molar-refractivity contribution in [1.82, 2.24) is 0 Å². The fourth-order valence-corrected chi connectivity index (χ4v) is 0.604. The molecule has 0 N–H and O–H groups in total. The molecule has 0 fully saturated rings. The molecule has 0 aromatic rings. The zero-order valence-corrected chi connectivity index (χ0v) is 8.97. The summed E-state index contributed by atoms with van der Waals surface area (Å²) in [6.07, 6.45) is 6.52. The van der Waals surface area contributed by atoms with Crippen LogP contribution in [-0.4, -0.2) is 0 Å². The van der Waals surface area contributed by atoms with Crippen LogP contribution < -0.4 is 0 Å². The van der Waals surface area contributed by atoms with Gasteiger partial charge in [-0.15, -0.1) is 9.90 Å². The summed E-state index contributed by atoms with van der Waals surface area (Å²) >= 11 is 0. The molecule has 0 amide bonds. The summed E-state index contributed by atoms with van der Waals surface area (Å²) in [4.78, 5) is 0. The van der Waals surface area contributed by atoms with Crippen LogP contribution in [0, 0.1) is 6.92 Å². The molecule has 64 valence electrons. The van der Waals surface area contributed by atoms with E-state index in [9.17, 15) is 0 Å². The zero-order chi connectivity index (χ0) is 7.54. The van der Waals surface area contributed by atoms with Gasteiger partial charge in [-0.3, -0.25) is 0 Å². The Balaban J connectivity index is -0.000000149. The van der Waals surface area contributed by atoms with E-state index in [1.165, 1.54) is 25.7 Å². The molecule has 0 aliphatic rings. The maximum absolute atomic E-state index is 3.76. The predicted molar refractivity (Wildman–Crippen MR) is 55.2 cm³/mol. The Bertz CT molecular complexity index is 23.9. The van der Waals surface area contributed by atoms with E-state index in [1.54, 1.807) is 0 Å². The number of hydrogen-bond acceptors (Lipinski definition) is 0. The van der Waals surface area contributed by atoms with Crippen LogP contribution in [0.5, 0.6) is 0 Å². The van der Waals surface area contributed by atoms with E-state index in [1.807, 2.05) is 13.8 Å². The van der Waals surface area contributed by atoms with Crippen molar-refractivity contribution in [3.63, 3.8) is 0 Å². The second-order valence-corrected chi connectivity index (χ2v) is 1.91. The molecule has 0 saturated carbocycles. The van der Waals surface area contributed by atoms with Crippen molar-refractivity contribution in [3.05, 3.63) is 6.92 Å². The number of unbranched alkanes of at least 4 members (excludes halogenated alkanes) is 4. The normalized spacial score (nSPS) is 7.20. The topological polar surface area (TPSA) is 0 Å². The molecule has 0 aromatic heterocycles. The summed E-state index contributed by atoms with van der Waals surface area (Å²) in [5.74, 6) is 0. The van der Waals surface area contributed by atoms with E-state index >= 15 is 0 Å². The minimum absolute atomic E-state index is 0. The fraction of sp³-hybridized carbons (Fsp3) is 0.889. The van der Waals surface area contributed by atoms with Crippen LogP contribution in [-0.2, 0) is 0 Å². The molecule has 0 spiro atoms. The van der Waals surface area contributed by atoms with Crippen LogP contribution >= 0.6 is 9.90 Å². The Labute approximate surface area is 70.4 Å². The van der Waals surface area contributed by atoms with E-state index in [0.717, 1.165) is 6.42 Å². The average molecular weight is 162 g/mol. The van der Waals surface area contributed by atoms with Gasteiger partial charge in [-0.05, 0) is 0 Å². The van der Waals surface area contributed by atoms with Gasteiger partial charge in [0.15, 0.2) is 0 Å². The van der Waals surface area contributed by atoms with Crippen molar-refractivity contribution >= 4 is 9.90 Å². The van der Waals surface area contributed by atoms with Gasteiger partial charge in [0.05, 0.1) is 0 Å². The smallest absolute Gasteiger partial charge is 0.0533 e. The van der Waals surface area contributed by atoms with Crippen LogP contribution in [0.25, 0.3) is 0 Å². The lowest BCUT2D eigenvalue weighted by atomic mass is 10.2. The molecule has 0 aliphatic heterocycles. The van der Waals surface area contributed by atoms with Gasteiger partial charge in [0, 0.05) is 0 Å². The van der Waals surface area contributed by atoms with Gasteiger partial charge in [-0.2, -0.15) is 0 Å². The van der Waals surface area contributed by atoms with Crippen molar-refractivity contribution < 1.29 is 0 Å². The third-order valence-electron chi connectivity index (χ3n) is 1.10. The lowest BCUT2D eigenvalue weighted by Crippen LogP contribution is -1.71. The standard InChI is InChI=1S/C7H15.C2H6.H2P/c1-3-5-7-6-4-2;1-2;/h1,3-7H2,2H3;1-2H3;1H2. The molecule has 0 bridgehead atoms. The first kappa shape index (κ1) is 16.8. The highest BCUT2D eigenvalue weighted by atomic mass is 31.0. The van der Waals surface area contributed by atoms with Gasteiger partial charge in [0.2, 0.25) is 0 Å². The molecule has 0 heterocycles. The van der Waals surface area contributed by atoms with Crippen molar-refractivity contribution in [1.29, 1.82) is 0 Å². The highest BCUT2D eigenvalue weighted by Gasteiger charge is 1.80. The summed E-state index contributed by atoms with van der Waals surface area (Å²) < 4.78 is 0.